The minimum atomic E-state index is -0.599. The molecule has 0 aliphatic heterocycles. The summed E-state index contributed by atoms with van der Waals surface area (Å²) in [4.78, 5) is 10.8. The van der Waals surface area contributed by atoms with Crippen molar-refractivity contribution < 1.29 is 18.7 Å². The third-order valence-electron chi connectivity index (χ3n) is 2.49. The predicted octanol–water partition coefficient (Wildman–Crippen LogP) is 3.83. The number of hydrogen-bond acceptors (Lipinski definition) is 3. The highest BCUT2D eigenvalue weighted by molar-refractivity contribution is 5.79. The minimum Gasteiger partial charge on any atom is -0.494 e. The standard InChI is InChI=1S/C15H13FO3/c1-2-18-11-6-8-12(9-7-11)19-15-5-3-4-14(16)13(15)10-17/h3-10H,2H2,1H3. The van der Waals surface area contributed by atoms with Gasteiger partial charge in [0, 0.05) is 0 Å². The fourth-order valence-electron chi connectivity index (χ4n) is 1.62. The quantitative estimate of drug-likeness (QED) is 0.766. The molecule has 0 radical (unpaired) electrons. The number of carbonyl (C=O) groups excluding carboxylic acids is 1. The molecule has 0 aliphatic rings. The number of rotatable bonds is 5. The van der Waals surface area contributed by atoms with E-state index in [9.17, 15) is 9.18 Å². The van der Waals surface area contributed by atoms with Crippen molar-refractivity contribution in [1.29, 1.82) is 0 Å². The second-order valence-corrected chi connectivity index (χ2v) is 3.78. The van der Waals surface area contributed by atoms with E-state index < -0.39 is 5.82 Å². The van der Waals surface area contributed by atoms with Gasteiger partial charge in [0.15, 0.2) is 6.29 Å². The van der Waals surface area contributed by atoms with Crippen LogP contribution in [0.25, 0.3) is 0 Å². The Hall–Kier alpha value is -2.36. The van der Waals surface area contributed by atoms with Crippen molar-refractivity contribution in [3.8, 4) is 17.2 Å². The molecule has 4 heteroatoms. The first-order valence-corrected chi connectivity index (χ1v) is 5.89. The van der Waals surface area contributed by atoms with E-state index in [1.54, 1.807) is 30.3 Å². The van der Waals surface area contributed by atoms with Gasteiger partial charge < -0.3 is 9.47 Å². The molecule has 0 fully saturated rings. The Morgan fingerprint density at radius 2 is 1.79 bits per heavy atom. The van der Waals surface area contributed by atoms with Gasteiger partial charge in [0.25, 0.3) is 0 Å². The SMILES string of the molecule is CCOc1ccc(Oc2cccc(F)c2C=O)cc1. The van der Waals surface area contributed by atoms with Crippen LogP contribution in [0.4, 0.5) is 4.39 Å². The molecule has 0 atom stereocenters. The summed E-state index contributed by atoms with van der Waals surface area (Å²) >= 11 is 0. The van der Waals surface area contributed by atoms with Gasteiger partial charge in [-0.2, -0.15) is 0 Å². The van der Waals surface area contributed by atoms with Crippen LogP contribution in [0.5, 0.6) is 17.2 Å². The van der Waals surface area contributed by atoms with Crippen molar-refractivity contribution in [1.82, 2.24) is 0 Å². The molecule has 0 unspecified atom stereocenters. The van der Waals surface area contributed by atoms with Crippen LogP contribution < -0.4 is 9.47 Å². The molecule has 3 nitrogen and oxygen atoms in total. The van der Waals surface area contributed by atoms with Crippen molar-refractivity contribution in [2.45, 2.75) is 6.92 Å². The Labute approximate surface area is 110 Å². The lowest BCUT2D eigenvalue weighted by Crippen LogP contribution is -1.94. The van der Waals surface area contributed by atoms with Crippen LogP contribution in [-0.4, -0.2) is 12.9 Å². The van der Waals surface area contributed by atoms with Gasteiger partial charge in [-0.25, -0.2) is 4.39 Å². The van der Waals surface area contributed by atoms with Gasteiger partial charge >= 0.3 is 0 Å². The van der Waals surface area contributed by atoms with Crippen molar-refractivity contribution in [2.24, 2.45) is 0 Å². The van der Waals surface area contributed by atoms with Crippen LogP contribution in [-0.2, 0) is 0 Å². The van der Waals surface area contributed by atoms with Crippen molar-refractivity contribution >= 4 is 6.29 Å². The summed E-state index contributed by atoms with van der Waals surface area (Å²) in [5, 5.41) is 0. The van der Waals surface area contributed by atoms with Crippen molar-refractivity contribution in [3.05, 3.63) is 53.8 Å². The Bertz CT molecular complexity index is 564. The molecule has 0 N–H and O–H groups in total. The van der Waals surface area contributed by atoms with Gasteiger partial charge in [-0.15, -0.1) is 0 Å². The van der Waals surface area contributed by atoms with Crippen LogP contribution in [0.15, 0.2) is 42.5 Å². The zero-order valence-electron chi connectivity index (χ0n) is 10.4. The molecule has 0 amide bonds. The molecular formula is C15H13FO3. The van der Waals surface area contributed by atoms with Gasteiger partial charge in [0.1, 0.15) is 23.1 Å². The van der Waals surface area contributed by atoms with E-state index in [4.69, 9.17) is 9.47 Å². The molecule has 0 bridgehead atoms. The average molecular weight is 260 g/mol. The summed E-state index contributed by atoms with van der Waals surface area (Å²) in [7, 11) is 0. The lowest BCUT2D eigenvalue weighted by molar-refractivity contribution is 0.111. The maximum atomic E-state index is 13.4. The molecule has 0 saturated carbocycles. The Balaban J connectivity index is 2.21. The monoisotopic (exact) mass is 260 g/mol. The third-order valence-corrected chi connectivity index (χ3v) is 2.49. The fourth-order valence-corrected chi connectivity index (χ4v) is 1.62. The highest BCUT2D eigenvalue weighted by Gasteiger charge is 2.09. The summed E-state index contributed by atoms with van der Waals surface area (Å²) in [6.45, 7) is 2.48. The smallest absolute Gasteiger partial charge is 0.156 e. The molecule has 0 spiro atoms. The molecule has 2 rings (SSSR count). The molecule has 2 aromatic carbocycles. The lowest BCUT2D eigenvalue weighted by Gasteiger charge is -2.09. The van der Waals surface area contributed by atoms with E-state index in [-0.39, 0.29) is 11.3 Å². The molecule has 0 saturated heterocycles. The van der Waals surface area contributed by atoms with Gasteiger partial charge in [-0.05, 0) is 43.3 Å². The predicted molar refractivity (Wildman–Crippen MR) is 69.5 cm³/mol. The number of aldehydes is 1. The summed E-state index contributed by atoms with van der Waals surface area (Å²) in [6.07, 6.45) is 0.444. The van der Waals surface area contributed by atoms with Crippen LogP contribution in [0, 0.1) is 5.82 Å². The van der Waals surface area contributed by atoms with E-state index in [0.717, 1.165) is 5.75 Å². The van der Waals surface area contributed by atoms with Crippen LogP contribution in [0.1, 0.15) is 17.3 Å². The number of ether oxygens (including phenoxy) is 2. The summed E-state index contributed by atoms with van der Waals surface area (Å²) in [5.41, 5.74) is -0.0867. The largest absolute Gasteiger partial charge is 0.494 e. The van der Waals surface area contributed by atoms with Gasteiger partial charge in [0.2, 0.25) is 0 Å². The second kappa shape index (κ2) is 6.00. The van der Waals surface area contributed by atoms with Gasteiger partial charge in [0.05, 0.1) is 12.2 Å². The molecule has 2 aromatic rings. The zero-order chi connectivity index (χ0) is 13.7. The van der Waals surface area contributed by atoms with E-state index in [1.807, 2.05) is 6.92 Å². The summed E-state index contributed by atoms with van der Waals surface area (Å²) in [6, 6.07) is 11.1. The number of carbonyl (C=O) groups is 1. The zero-order valence-corrected chi connectivity index (χ0v) is 10.4. The van der Waals surface area contributed by atoms with E-state index >= 15 is 0 Å². The topological polar surface area (TPSA) is 35.5 Å². The van der Waals surface area contributed by atoms with Crippen LogP contribution in [0.2, 0.25) is 0 Å². The molecule has 19 heavy (non-hydrogen) atoms. The first-order chi connectivity index (χ1) is 9.24. The Kier molecular flexibility index (Phi) is 4.13. The Morgan fingerprint density at radius 1 is 1.11 bits per heavy atom. The lowest BCUT2D eigenvalue weighted by atomic mass is 10.2. The maximum Gasteiger partial charge on any atom is 0.156 e. The first-order valence-electron chi connectivity index (χ1n) is 5.89. The molecule has 0 aliphatic carbocycles. The third kappa shape index (κ3) is 3.10. The van der Waals surface area contributed by atoms with Gasteiger partial charge in [-0.3, -0.25) is 4.79 Å². The molecular weight excluding hydrogens is 247 g/mol. The Morgan fingerprint density at radius 3 is 2.42 bits per heavy atom. The second-order valence-electron chi connectivity index (χ2n) is 3.78. The number of hydrogen-bond donors (Lipinski definition) is 0. The molecule has 98 valence electrons. The van der Waals surface area contributed by atoms with Crippen LogP contribution in [0.3, 0.4) is 0 Å². The summed E-state index contributed by atoms with van der Waals surface area (Å²) in [5.74, 6) is 0.833. The minimum absolute atomic E-state index is 0.0867. The summed E-state index contributed by atoms with van der Waals surface area (Å²) < 4.78 is 24.2. The first kappa shape index (κ1) is 13.1. The molecule has 0 heterocycles. The maximum absolute atomic E-state index is 13.4. The van der Waals surface area contributed by atoms with E-state index in [0.29, 0.717) is 18.6 Å². The number of benzene rings is 2. The van der Waals surface area contributed by atoms with Crippen LogP contribution >= 0.6 is 0 Å². The molecule has 0 aromatic heterocycles. The highest BCUT2D eigenvalue weighted by Crippen LogP contribution is 2.27. The van der Waals surface area contributed by atoms with Crippen molar-refractivity contribution in [3.63, 3.8) is 0 Å². The van der Waals surface area contributed by atoms with Gasteiger partial charge in [-0.1, -0.05) is 6.07 Å². The highest BCUT2D eigenvalue weighted by atomic mass is 19.1. The fraction of sp³-hybridized carbons (Fsp3) is 0.133. The van der Waals surface area contributed by atoms with E-state index in [2.05, 4.69) is 0 Å². The normalized spacial score (nSPS) is 10.0. The van der Waals surface area contributed by atoms with E-state index in [1.165, 1.54) is 12.1 Å². The average Bonchev–Trinajstić information content (AvgIpc) is 2.42. The number of halogens is 1. The van der Waals surface area contributed by atoms with Crippen molar-refractivity contribution in [2.75, 3.05) is 6.61 Å².